The van der Waals surface area contributed by atoms with E-state index in [1.165, 1.54) is 21.3 Å². The number of pyridine rings is 2. The number of esters is 2. The van der Waals surface area contributed by atoms with Crippen LogP contribution in [0, 0.1) is 0 Å². The summed E-state index contributed by atoms with van der Waals surface area (Å²) >= 11 is 0. The molecule has 0 atom stereocenters. The highest BCUT2D eigenvalue weighted by Crippen LogP contribution is 2.22. The van der Waals surface area contributed by atoms with Crippen molar-refractivity contribution in [1.82, 2.24) is 19.1 Å². The lowest BCUT2D eigenvalue weighted by Crippen LogP contribution is -2.29. The van der Waals surface area contributed by atoms with E-state index < -0.39 is 35.3 Å². The number of rotatable bonds is 4. The summed E-state index contributed by atoms with van der Waals surface area (Å²) in [4.78, 5) is 57.1. The summed E-state index contributed by atoms with van der Waals surface area (Å²) in [7, 11) is 0. The fraction of sp³-hybridized carbons (Fsp3) is 0.400. The Labute approximate surface area is 243 Å². The molecule has 4 heterocycles. The van der Waals surface area contributed by atoms with E-state index in [1.807, 2.05) is 0 Å². The molecule has 0 radical (unpaired) electrons. The quantitative estimate of drug-likeness (QED) is 0.209. The predicted octanol–water partition coefficient (Wildman–Crippen LogP) is 5.99. The lowest BCUT2D eigenvalue weighted by molar-refractivity contribution is 0.0454. The number of carbonyl (C=O) groups is 4. The van der Waals surface area contributed by atoms with E-state index in [-0.39, 0.29) is 24.6 Å². The van der Waals surface area contributed by atoms with Crippen molar-refractivity contribution in [3.05, 3.63) is 60.2 Å². The van der Waals surface area contributed by atoms with Gasteiger partial charge in [-0.05, 0) is 91.8 Å². The first-order valence-electron chi connectivity index (χ1n) is 13.4. The summed E-state index contributed by atoms with van der Waals surface area (Å²) in [5, 5.41) is 0. The second-order valence-electron chi connectivity index (χ2n) is 10.9. The van der Waals surface area contributed by atoms with Crippen LogP contribution in [-0.4, -0.2) is 67.6 Å². The molecule has 0 aromatic carbocycles. The number of ether oxygens (including phenoxy) is 4. The van der Waals surface area contributed by atoms with Gasteiger partial charge in [-0.1, -0.05) is 0 Å². The fourth-order valence-corrected chi connectivity index (χ4v) is 3.79. The maximum Gasteiger partial charge on any atom is 0.419 e. The van der Waals surface area contributed by atoms with Gasteiger partial charge in [-0.2, -0.15) is 0 Å². The van der Waals surface area contributed by atoms with Crippen molar-refractivity contribution in [3.63, 3.8) is 0 Å². The van der Waals surface area contributed by atoms with Gasteiger partial charge in [-0.3, -0.25) is 9.97 Å². The summed E-state index contributed by atoms with van der Waals surface area (Å²) in [5.74, 6) is -1.16. The van der Waals surface area contributed by atoms with E-state index >= 15 is 0 Å². The summed E-state index contributed by atoms with van der Waals surface area (Å²) in [6, 6.07) is 9.84. The molecule has 0 aliphatic carbocycles. The van der Waals surface area contributed by atoms with Crippen LogP contribution in [-0.2, 0) is 18.9 Å². The highest BCUT2D eigenvalue weighted by molar-refractivity contribution is 6.01. The van der Waals surface area contributed by atoms with Crippen LogP contribution in [0.1, 0.15) is 76.4 Å². The number of carbonyl (C=O) groups excluding carboxylic acids is 4. The molecule has 4 rings (SSSR count). The molecule has 0 spiro atoms. The zero-order valence-electron chi connectivity index (χ0n) is 25.1. The van der Waals surface area contributed by atoms with Gasteiger partial charge in [-0.25, -0.2) is 28.3 Å². The maximum absolute atomic E-state index is 12.4. The number of hydrogen-bond acceptors (Lipinski definition) is 10. The average molecular weight is 581 g/mol. The topological polar surface area (TPSA) is 141 Å². The van der Waals surface area contributed by atoms with E-state index in [4.69, 9.17) is 18.9 Å². The lowest BCUT2D eigenvalue weighted by atomic mass is 10.2. The minimum absolute atomic E-state index is 0.111. The molecule has 0 unspecified atom stereocenters. The number of nitrogens with zero attached hydrogens (tertiary/aromatic N) is 4. The first-order chi connectivity index (χ1) is 19.7. The summed E-state index contributed by atoms with van der Waals surface area (Å²) in [5.41, 5.74) is 0.978. The van der Waals surface area contributed by atoms with Gasteiger partial charge in [0.15, 0.2) is 0 Å². The SMILES string of the molecule is CCOC(=O)c1cc2ncccc2n1C(=O)OC(C)(C)C.CCOC(=O)c1cc2ncccc2n1C(=O)OC(C)(C)C. The Hall–Kier alpha value is -4.74. The Bertz CT molecular complexity index is 1490. The van der Waals surface area contributed by atoms with Gasteiger partial charge < -0.3 is 18.9 Å². The van der Waals surface area contributed by atoms with Crippen LogP contribution in [0.2, 0.25) is 0 Å². The van der Waals surface area contributed by atoms with Crippen molar-refractivity contribution >= 4 is 46.2 Å². The maximum atomic E-state index is 12.4. The normalized spacial score (nSPS) is 11.4. The molecule has 0 fully saturated rings. The third-order valence-corrected chi connectivity index (χ3v) is 5.26. The van der Waals surface area contributed by atoms with Gasteiger partial charge in [0.05, 0.1) is 35.3 Å². The molecule has 0 aliphatic heterocycles. The standard InChI is InChI=1S/2C15H18N2O4/c2*1-5-20-13(18)12-9-10-11(7-6-8-16-10)17(12)14(19)21-15(2,3)4/h2*6-9H,5H2,1-4H3. The van der Waals surface area contributed by atoms with Crippen LogP contribution < -0.4 is 0 Å². The highest BCUT2D eigenvalue weighted by atomic mass is 16.6. The van der Waals surface area contributed by atoms with Crippen molar-refractivity contribution in [1.29, 1.82) is 0 Å². The van der Waals surface area contributed by atoms with Gasteiger partial charge >= 0.3 is 24.1 Å². The molecule has 0 saturated carbocycles. The lowest BCUT2D eigenvalue weighted by Gasteiger charge is -2.20. The van der Waals surface area contributed by atoms with Crippen molar-refractivity contribution < 1.29 is 38.1 Å². The Kier molecular flexibility index (Phi) is 9.71. The molecule has 0 saturated heterocycles. The Morgan fingerprint density at radius 2 is 1.02 bits per heavy atom. The predicted molar refractivity (Wildman–Crippen MR) is 155 cm³/mol. The van der Waals surface area contributed by atoms with Gasteiger partial charge in [0.1, 0.15) is 22.6 Å². The van der Waals surface area contributed by atoms with E-state index in [2.05, 4.69) is 9.97 Å². The average Bonchev–Trinajstić information content (AvgIpc) is 3.47. The largest absolute Gasteiger partial charge is 0.461 e. The van der Waals surface area contributed by atoms with Crippen LogP contribution in [0.15, 0.2) is 48.8 Å². The number of fused-ring (bicyclic) bond motifs is 2. The fourth-order valence-electron chi connectivity index (χ4n) is 3.79. The molecule has 42 heavy (non-hydrogen) atoms. The molecule has 12 heteroatoms. The highest BCUT2D eigenvalue weighted by Gasteiger charge is 2.27. The Balaban J connectivity index is 0.000000230. The molecule has 4 aromatic rings. The zero-order chi connectivity index (χ0) is 31.2. The van der Waals surface area contributed by atoms with Gasteiger partial charge in [0, 0.05) is 12.4 Å². The molecule has 4 aromatic heterocycles. The Morgan fingerprint density at radius 1 is 0.667 bits per heavy atom. The Morgan fingerprint density at radius 3 is 1.33 bits per heavy atom. The summed E-state index contributed by atoms with van der Waals surface area (Å²) in [6.45, 7) is 14.4. The van der Waals surface area contributed by atoms with Crippen LogP contribution in [0.5, 0.6) is 0 Å². The molecule has 224 valence electrons. The smallest absolute Gasteiger partial charge is 0.419 e. The minimum atomic E-state index is -0.665. The molecular weight excluding hydrogens is 544 g/mol. The van der Waals surface area contributed by atoms with Crippen LogP contribution in [0.4, 0.5) is 9.59 Å². The third-order valence-electron chi connectivity index (χ3n) is 5.26. The van der Waals surface area contributed by atoms with E-state index in [0.717, 1.165) is 0 Å². The van der Waals surface area contributed by atoms with Crippen LogP contribution in [0.25, 0.3) is 22.1 Å². The zero-order valence-corrected chi connectivity index (χ0v) is 25.1. The third kappa shape index (κ3) is 7.71. The molecule has 0 aliphatic rings. The van der Waals surface area contributed by atoms with Crippen LogP contribution >= 0.6 is 0 Å². The van der Waals surface area contributed by atoms with Crippen molar-refractivity contribution in [2.24, 2.45) is 0 Å². The molecular formula is C30H36N4O8. The van der Waals surface area contributed by atoms with Crippen molar-refractivity contribution in [3.8, 4) is 0 Å². The van der Waals surface area contributed by atoms with E-state index in [0.29, 0.717) is 22.1 Å². The first kappa shape index (κ1) is 31.8. The number of aromatic nitrogens is 4. The van der Waals surface area contributed by atoms with Crippen molar-refractivity contribution in [2.75, 3.05) is 13.2 Å². The first-order valence-corrected chi connectivity index (χ1v) is 13.4. The molecule has 0 N–H and O–H groups in total. The second-order valence-corrected chi connectivity index (χ2v) is 10.9. The van der Waals surface area contributed by atoms with Gasteiger partial charge in [0.2, 0.25) is 0 Å². The molecule has 12 nitrogen and oxygen atoms in total. The summed E-state index contributed by atoms with van der Waals surface area (Å²) < 4.78 is 23.1. The van der Waals surface area contributed by atoms with Gasteiger partial charge in [-0.15, -0.1) is 0 Å². The van der Waals surface area contributed by atoms with E-state index in [1.54, 1.807) is 92.0 Å². The summed E-state index contributed by atoms with van der Waals surface area (Å²) in [6.07, 6.45) is 1.93. The minimum Gasteiger partial charge on any atom is -0.461 e. The van der Waals surface area contributed by atoms with Gasteiger partial charge in [0.25, 0.3) is 0 Å². The van der Waals surface area contributed by atoms with E-state index in [9.17, 15) is 19.2 Å². The number of hydrogen-bond donors (Lipinski definition) is 0. The second kappa shape index (κ2) is 12.8. The molecule has 0 bridgehead atoms. The molecule has 0 amide bonds. The van der Waals surface area contributed by atoms with Crippen molar-refractivity contribution in [2.45, 2.75) is 66.6 Å². The van der Waals surface area contributed by atoms with Crippen LogP contribution in [0.3, 0.4) is 0 Å². The monoisotopic (exact) mass is 580 g/mol.